The maximum absolute atomic E-state index is 10.8. The molecule has 1 heterocycles. The van der Waals surface area contributed by atoms with Gasteiger partial charge in [-0.1, -0.05) is 19.2 Å². The van der Waals surface area contributed by atoms with E-state index in [0.717, 1.165) is 0 Å². The molecule has 3 heteroatoms. The highest BCUT2D eigenvalue weighted by atomic mass is 16.6. The molecular formula is C8H6O3. The van der Waals surface area contributed by atoms with Gasteiger partial charge in [0.1, 0.15) is 0 Å². The van der Waals surface area contributed by atoms with Crippen molar-refractivity contribution in [2.45, 2.75) is 0 Å². The van der Waals surface area contributed by atoms with Crippen LogP contribution in [0.1, 0.15) is 0 Å². The highest BCUT2D eigenvalue weighted by Crippen LogP contribution is 2.19. The molecule has 0 saturated carbocycles. The zero-order valence-electron chi connectivity index (χ0n) is 5.79. The van der Waals surface area contributed by atoms with Gasteiger partial charge < -0.3 is 4.74 Å². The third kappa shape index (κ3) is 1.12. The second kappa shape index (κ2) is 2.54. The summed E-state index contributed by atoms with van der Waals surface area (Å²) in [6, 6.07) is 0. The molecule has 0 atom stereocenters. The lowest BCUT2D eigenvalue weighted by Gasteiger charge is -1.84. The van der Waals surface area contributed by atoms with Crippen molar-refractivity contribution in [1.29, 1.82) is 0 Å². The van der Waals surface area contributed by atoms with Crippen LogP contribution in [-0.2, 0) is 14.3 Å². The van der Waals surface area contributed by atoms with E-state index in [9.17, 15) is 9.59 Å². The Kier molecular flexibility index (Phi) is 1.72. The van der Waals surface area contributed by atoms with Gasteiger partial charge in [0.05, 0.1) is 11.1 Å². The van der Waals surface area contributed by atoms with E-state index < -0.39 is 11.9 Å². The van der Waals surface area contributed by atoms with Gasteiger partial charge in [-0.05, 0) is 6.08 Å². The van der Waals surface area contributed by atoms with Crippen molar-refractivity contribution in [2.24, 2.45) is 0 Å². The first-order valence-corrected chi connectivity index (χ1v) is 2.95. The van der Waals surface area contributed by atoms with Gasteiger partial charge in [-0.25, -0.2) is 9.59 Å². The van der Waals surface area contributed by atoms with Crippen molar-refractivity contribution in [3.05, 3.63) is 36.5 Å². The number of rotatable bonds is 1. The Hall–Kier alpha value is -1.64. The Morgan fingerprint density at radius 3 is 2.27 bits per heavy atom. The number of carbonyl (C=O) groups is 2. The van der Waals surface area contributed by atoms with Gasteiger partial charge >= 0.3 is 11.9 Å². The van der Waals surface area contributed by atoms with Crippen LogP contribution in [0.25, 0.3) is 0 Å². The Morgan fingerprint density at radius 2 is 1.91 bits per heavy atom. The molecule has 0 unspecified atom stereocenters. The van der Waals surface area contributed by atoms with E-state index in [1.165, 1.54) is 12.2 Å². The lowest BCUT2D eigenvalue weighted by atomic mass is 10.1. The summed E-state index contributed by atoms with van der Waals surface area (Å²) in [6.07, 6.45) is 2.80. The first-order chi connectivity index (χ1) is 5.16. The van der Waals surface area contributed by atoms with Crippen molar-refractivity contribution < 1.29 is 14.3 Å². The van der Waals surface area contributed by atoms with Crippen molar-refractivity contribution in [2.75, 3.05) is 0 Å². The Bertz CT molecular complexity index is 284. The maximum atomic E-state index is 10.8. The number of ether oxygens (including phenoxy) is 1. The molecule has 3 nitrogen and oxygen atoms in total. The van der Waals surface area contributed by atoms with Gasteiger partial charge in [0.25, 0.3) is 0 Å². The normalized spacial score (nSPS) is 20.7. The molecule has 56 valence electrons. The number of hydrogen-bond donors (Lipinski definition) is 0. The molecule has 0 aromatic carbocycles. The lowest BCUT2D eigenvalue weighted by molar-refractivity contribution is -0.149. The van der Waals surface area contributed by atoms with E-state index in [2.05, 4.69) is 17.9 Å². The SMILES string of the molecule is C=C/C=C1\C(=C)C(=O)OC1=O. The number of cyclic esters (lactones) is 2. The average molecular weight is 150 g/mol. The molecule has 0 radical (unpaired) electrons. The van der Waals surface area contributed by atoms with Gasteiger partial charge in [-0.15, -0.1) is 0 Å². The lowest BCUT2D eigenvalue weighted by Crippen LogP contribution is -1.96. The second-order valence-electron chi connectivity index (χ2n) is 1.97. The topological polar surface area (TPSA) is 43.4 Å². The summed E-state index contributed by atoms with van der Waals surface area (Å²) >= 11 is 0. The van der Waals surface area contributed by atoms with E-state index in [4.69, 9.17) is 0 Å². The van der Waals surface area contributed by atoms with Gasteiger partial charge in [-0.2, -0.15) is 0 Å². The van der Waals surface area contributed by atoms with Crippen LogP contribution in [0.15, 0.2) is 36.5 Å². The van der Waals surface area contributed by atoms with E-state index in [1.807, 2.05) is 0 Å². The number of esters is 2. The third-order valence-electron chi connectivity index (χ3n) is 1.26. The first kappa shape index (κ1) is 7.47. The monoisotopic (exact) mass is 150 g/mol. The van der Waals surface area contributed by atoms with Gasteiger partial charge in [0, 0.05) is 0 Å². The largest absolute Gasteiger partial charge is 0.386 e. The molecule has 1 saturated heterocycles. The molecule has 1 fully saturated rings. The minimum absolute atomic E-state index is 0.0925. The van der Waals surface area contributed by atoms with Crippen molar-refractivity contribution in [1.82, 2.24) is 0 Å². The van der Waals surface area contributed by atoms with Crippen LogP contribution in [0.4, 0.5) is 0 Å². The Labute approximate surface area is 63.7 Å². The highest BCUT2D eigenvalue weighted by Gasteiger charge is 2.30. The van der Waals surface area contributed by atoms with E-state index >= 15 is 0 Å². The minimum atomic E-state index is -0.678. The molecule has 0 bridgehead atoms. The van der Waals surface area contributed by atoms with Crippen LogP contribution < -0.4 is 0 Å². The fourth-order valence-corrected chi connectivity index (χ4v) is 0.720. The molecule has 0 amide bonds. The third-order valence-corrected chi connectivity index (χ3v) is 1.26. The summed E-state index contributed by atoms with van der Waals surface area (Å²) in [5, 5.41) is 0. The summed E-state index contributed by atoms with van der Waals surface area (Å²) in [7, 11) is 0. The highest BCUT2D eigenvalue weighted by molar-refractivity contribution is 6.17. The van der Waals surface area contributed by atoms with E-state index in [-0.39, 0.29) is 11.1 Å². The van der Waals surface area contributed by atoms with E-state index in [0.29, 0.717) is 0 Å². The molecule has 1 rings (SSSR count). The standard InChI is InChI=1S/C8H6O3/c1-3-4-6-5(2)7(9)11-8(6)10/h3-4H,1-2H2/b6-4+. The summed E-state index contributed by atoms with van der Waals surface area (Å²) in [4.78, 5) is 21.4. The molecule has 0 N–H and O–H groups in total. The number of allylic oxidation sites excluding steroid dienone is 2. The zero-order chi connectivity index (χ0) is 8.43. The summed E-state index contributed by atoms with van der Waals surface area (Å²) in [6.45, 7) is 6.76. The molecule has 0 aromatic rings. The van der Waals surface area contributed by atoms with Crippen LogP contribution in [-0.4, -0.2) is 11.9 Å². The predicted molar refractivity (Wildman–Crippen MR) is 38.5 cm³/mol. The summed E-state index contributed by atoms with van der Waals surface area (Å²) in [5.41, 5.74) is 0.278. The van der Waals surface area contributed by atoms with Gasteiger partial charge in [0.2, 0.25) is 0 Å². The van der Waals surface area contributed by atoms with Crippen LogP contribution in [0, 0.1) is 0 Å². The summed E-state index contributed by atoms with van der Waals surface area (Å²) in [5.74, 6) is -1.33. The molecule has 0 spiro atoms. The minimum Gasteiger partial charge on any atom is -0.386 e. The molecular weight excluding hydrogens is 144 g/mol. The first-order valence-electron chi connectivity index (χ1n) is 2.95. The van der Waals surface area contributed by atoms with Crippen molar-refractivity contribution in [3.63, 3.8) is 0 Å². The fourth-order valence-electron chi connectivity index (χ4n) is 0.720. The fraction of sp³-hybridized carbons (Fsp3) is 0. The van der Waals surface area contributed by atoms with Crippen LogP contribution >= 0.6 is 0 Å². The van der Waals surface area contributed by atoms with Gasteiger partial charge in [0.15, 0.2) is 0 Å². The second-order valence-corrected chi connectivity index (χ2v) is 1.97. The van der Waals surface area contributed by atoms with Crippen LogP contribution in [0.5, 0.6) is 0 Å². The molecule has 0 aromatic heterocycles. The predicted octanol–water partition coefficient (Wildman–Crippen LogP) is 0.738. The smallest absolute Gasteiger partial charge is 0.346 e. The number of carbonyl (C=O) groups excluding carboxylic acids is 2. The van der Waals surface area contributed by atoms with Crippen molar-refractivity contribution >= 4 is 11.9 Å². The Morgan fingerprint density at radius 1 is 1.27 bits per heavy atom. The summed E-state index contributed by atoms with van der Waals surface area (Å²) < 4.78 is 4.25. The average Bonchev–Trinajstić information content (AvgIpc) is 2.17. The van der Waals surface area contributed by atoms with Crippen LogP contribution in [0.2, 0.25) is 0 Å². The molecule has 0 aliphatic carbocycles. The zero-order valence-corrected chi connectivity index (χ0v) is 5.79. The number of hydrogen-bond acceptors (Lipinski definition) is 3. The van der Waals surface area contributed by atoms with Crippen LogP contribution in [0.3, 0.4) is 0 Å². The Balaban J connectivity index is 3.07. The molecule has 11 heavy (non-hydrogen) atoms. The molecule has 1 aliphatic rings. The quantitative estimate of drug-likeness (QED) is 0.314. The molecule has 1 aliphatic heterocycles. The van der Waals surface area contributed by atoms with E-state index in [1.54, 1.807) is 0 Å². The maximum Gasteiger partial charge on any atom is 0.346 e. The van der Waals surface area contributed by atoms with Crippen molar-refractivity contribution in [3.8, 4) is 0 Å². The van der Waals surface area contributed by atoms with Gasteiger partial charge in [-0.3, -0.25) is 0 Å².